The fourth-order valence-electron chi connectivity index (χ4n) is 5.95. The summed E-state index contributed by atoms with van der Waals surface area (Å²) in [5.41, 5.74) is 4.52. The van der Waals surface area contributed by atoms with Gasteiger partial charge in [-0.15, -0.1) is 0 Å². The molecule has 2 aromatic carbocycles. The molecule has 7 heteroatoms. The normalized spacial score (nSPS) is 24.9. The number of benzene rings is 2. The van der Waals surface area contributed by atoms with Gasteiger partial charge in [0.05, 0.1) is 13.2 Å². The average Bonchev–Trinajstić information content (AvgIpc) is 3.29. The van der Waals surface area contributed by atoms with E-state index in [1.54, 1.807) is 12.0 Å². The van der Waals surface area contributed by atoms with Gasteiger partial charge < -0.3 is 20.3 Å². The maximum absolute atomic E-state index is 12.3. The van der Waals surface area contributed by atoms with Crippen LogP contribution in [0.2, 0.25) is 0 Å². The minimum absolute atomic E-state index is 0.160. The van der Waals surface area contributed by atoms with Gasteiger partial charge in [-0.3, -0.25) is 14.5 Å². The van der Waals surface area contributed by atoms with Crippen LogP contribution in [0.5, 0.6) is 5.75 Å². The number of hydrogen-bond donors (Lipinski definition) is 2. The number of fused-ring (bicyclic) bond motifs is 1. The number of ether oxygens (including phenoxy) is 1. The molecule has 2 fully saturated rings. The molecule has 0 aromatic heterocycles. The fraction of sp³-hybridized carbons (Fsp3) is 0.500. The van der Waals surface area contributed by atoms with Crippen molar-refractivity contribution in [2.24, 2.45) is 0 Å². The molecule has 0 unspecified atom stereocenters. The van der Waals surface area contributed by atoms with Gasteiger partial charge in [0.1, 0.15) is 5.75 Å². The van der Waals surface area contributed by atoms with Gasteiger partial charge in [0.15, 0.2) is 0 Å². The van der Waals surface area contributed by atoms with Crippen molar-refractivity contribution in [3.63, 3.8) is 0 Å². The molecule has 5 rings (SSSR count). The van der Waals surface area contributed by atoms with Gasteiger partial charge in [-0.1, -0.05) is 30.3 Å². The third-order valence-corrected chi connectivity index (χ3v) is 7.80. The van der Waals surface area contributed by atoms with Crippen molar-refractivity contribution in [1.29, 1.82) is 0 Å². The molecule has 3 atom stereocenters. The smallest absolute Gasteiger partial charge is 0.227 e. The predicted octanol–water partition coefficient (Wildman–Crippen LogP) is 3.18. The van der Waals surface area contributed by atoms with Crippen molar-refractivity contribution in [2.75, 3.05) is 32.1 Å². The average molecular weight is 477 g/mol. The quantitative estimate of drug-likeness (QED) is 0.642. The number of methoxy groups -OCH3 is 1. The molecule has 0 aliphatic carbocycles. The number of rotatable bonds is 7. The lowest BCUT2D eigenvalue weighted by Crippen LogP contribution is -2.51. The summed E-state index contributed by atoms with van der Waals surface area (Å²) in [7, 11) is 3.57. The van der Waals surface area contributed by atoms with Crippen LogP contribution in [0.4, 0.5) is 5.69 Å². The standard InChI is InChI=1S/C28H36N4O3/c1-31-24-15-21(25(35-2)16-20(24)10-13-27(31)34)17-29-23-9-6-14-32(18-22-11-12-26(33)30-22)28(23)19-7-4-3-5-8-19/h3-5,7-8,15-16,22-23,28-29H,6,9-14,17-18H2,1-2H3,(H,30,33)/t22-,23-,28+/m0/s1. The Bertz CT molecular complexity index is 1070. The number of piperidine rings is 1. The third kappa shape index (κ3) is 5.07. The van der Waals surface area contributed by atoms with E-state index in [1.807, 2.05) is 7.05 Å². The molecule has 7 nitrogen and oxygen atoms in total. The number of amides is 2. The summed E-state index contributed by atoms with van der Waals surface area (Å²) < 4.78 is 5.75. The summed E-state index contributed by atoms with van der Waals surface area (Å²) in [6.07, 6.45) is 5.04. The Hall–Kier alpha value is -2.90. The van der Waals surface area contributed by atoms with Crippen LogP contribution in [0.25, 0.3) is 0 Å². The van der Waals surface area contributed by atoms with Crippen LogP contribution in [-0.4, -0.2) is 56.0 Å². The van der Waals surface area contributed by atoms with Crippen LogP contribution in [-0.2, 0) is 22.6 Å². The van der Waals surface area contributed by atoms with Gasteiger partial charge in [0.2, 0.25) is 11.8 Å². The molecule has 3 aliphatic heterocycles. The first-order valence-corrected chi connectivity index (χ1v) is 12.8. The number of carbonyl (C=O) groups excluding carboxylic acids is 2. The van der Waals surface area contributed by atoms with Gasteiger partial charge in [0, 0.05) is 56.3 Å². The minimum Gasteiger partial charge on any atom is -0.496 e. The topological polar surface area (TPSA) is 73.9 Å². The molecule has 0 spiro atoms. The van der Waals surface area contributed by atoms with Crippen molar-refractivity contribution in [2.45, 2.75) is 63.2 Å². The van der Waals surface area contributed by atoms with E-state index < -0.39 is 0 Å². The Kier molecular flexibility index (Phi) is 7.07. The molecule has 0 radical (unpaired) electrons. The molecule has 2 aromatic rings. The van der Waals surface area contributed by atoms with E-state index in [4.69, 9.17) is 4.74 Å². The Morgan fingerprint density at radius 3 is 2.66 bits per heavy atom. The van der Waals surface area contributed by atoms with E-state index in [2.05, 4.69) is 58.0 Å². The first-order chi connectivity index (χ1) is 17.0. The van der Waals surface area contributed by atoms with Crippen LogP contribution in [0.1, 0.15) is 54.8 Å². The molecular formula is C28H36N4O3. The minimum atomic E-state index is 0.160. The summed E-state index contributed by atoms with van der Waals surface area (Å²) in [4.78, 5) is 28.4. The van der Waals surface area contributed by atoms with Gasteiger partial charge in [0.25, 0.3) is 0 Å². The maximum Gasteiger partial charge on any atom is 0.227 e. The zero-order chi connectivity index (χ0) is 24.4. The summed E-state index contributed by atoms with van der Waals surface area (Å²) in [6, 6.07) is 15.6. The molecule has 186 valence electrons. The monoisotopic (exact) mass is 476 g/mol. The van der Waals surface area contributed by atoms with Crippen molar-refractivity contribution in [3.8, 4) is 5.75 Å². The zero-order valence-electron chi connectivity index (χ0n) is 20.8. The highest BCUT2D eigenvalue weighted by Crippen LogP contribution is 2.35. The zero-order valence-corrected chi connectivity index (χ0v) is 20.8. The second-order valence-electron chi connectivity index (χ2n) is 10.0. The van der Waals surface area contributed by atoms with Crippen LogP contribution in [0, 0.1) is 0 Å². The summed E-state index contributed by atoms with van der Waals surface area (Å²) >= 11 is 0. The first kappa shape index (κ1) is 23.8. The van der Waals surface area contributed by atoms with Gasteiger partial charge in [-0.05, 0) is 55.5 Å². The van der Waals surface area contributed by atoms with E-state index in [-0.39, 0.29) is 29.9 Å². The van der Waals surface area contributed by atoms with Crippen molar-refractivity contribution in [3.05, 3.63) is 59.2 Å². The number of carbonyl (C=O) groups is 2. The Balaban J connectivity index is 1.37. The number of nitrogens with one attached hydrogen (secondary N) is 2. The van der Waals surface area contributed by atoms with E-state index in [0.717, 1.165) is 61.3 Å². The molecule has 3 aliphatic rings. The second-order valence-corrected chi connectivity index (χ2v) is 10.0. The van der Waals surface area contributed by atoms with Crippen molar-refractivity contribution >= 4 is 17.5 Å². The first-order valence-electron chi connectivity index (χ1n) is 12.8. The predicted molar refractivity (Wildman–Crippen MR) is 137 cm³/mol. The van der Waals surface area contributed by atoms with Crippen molar-refractivity contribution < 1.29 is 14.3 Å². The van der Waals surface area contributed by atoms with Crippen LogP contribution < -0.4 is 20.3 Å². The van der Waals surface area contributed by atoms with E-state index in [9.17, 15) is 9.59 Å². The van der Waals surface area contributed by atoms with Crippen LogP contribution in [0.15, 0.2) is 42.5 Å². The van der Waals surface area contributed by atoms with Crippen molar-refractivity contribution in [1.82, 2.24) is 15.5 Å². The Morgan fingerprint density at radius 1 is 1.09 bits per heavy atom. The van der Waals surface area contributed by atoms with Gasteiger partial charge >= 0.3 is 0 Å². The lowest BCUT2D eigenvalue weighted by Gasteiger charge is -2.43. The van der Waals surface area contributed by atoms with Gasteiger partial charge in [-0.2, -0.15) is 0 Å². The highest BCUT2D eigenvalue weighted by atomic mass is 16.5. The number of anilines is 1. The fourth-order valence-corrected chi connectivity index (χ4v) is 5.95. The third-order valence-electron chi connectivity index (χ3n) is 7.80. The number of likely N-dealkylation sites (tertiary alicyclic amines) is 1. The molecule has 35 heavy (non-hydrogen) atoms. The van der Waals surface area contributed by atoms with Gasteiger partial charge in [-0.25, -0.2) is 0 Å². The molecule has 0 bridgehead atoms. The molecular weight excluding hydrogens is 440 g/mol. The molecule has 2 amide bonds. The summed E-state index contributed by atoms with van der Waals surface area (Å²) in [6.45, 7) is 2.57. The SMILES string of the molecule is COc1cc2c(cc1CN[C@H]1CCCN(C[C@@H]3CCC(=O)N3)[C@@H]1c1ccccc1)N(C)C(=O)CC2. The lowest BCUT2D eigenvalue weighted by molar-refractivity contribution is -0.119. The maximum atomic E-state index is 12.3. The molecule has 2 saturated heterocycles. The highest BCUT2D eigenvalue weighted by Gasteiger charge is 2.35. The number of aryl methyl sites for hydroxylation is 1. The largest absolute Gasteiger partial charge is 0.496 e. The Labute approximate surface area is 207 Å². The molecule has 0 saturated carbocycles. The lowest BCUT2D eigenvalue weighted by atomic mass is 9.89. The molecule has 2 N–H and O–H groups in total. The summed E-state index contributed by atoms with van der Waals surface area (Å²) in [5, 5.41) is 6.99. The second kappa shape index (κ2) is 10.4. The van der Waals surface area contributed by atoms with E-state index >= 15 is 0 Å². The summed E-state index contributed by atoms with van der Waals surface area (Å²) in [5.74, 6) is 1.20. The van der Waals surface area contributed by atoms with E-state index in [1.165, 1.54) is 5.56 Å². The number of nitrogens with zero attached hydrogens (tertiary/aromatic N) is 2. The van der Waals surface area contributed by atoms with Crippen LogP contribution in [0.3, 0.4) is 0 Å². The highest BCUT2D eigenvalue weighted by molar-refractivity contribution is 5.96. The molecule has 3 heterocycles. The number of hydrogen-bond acceptors (Lipinski definition) is 5. The van der Waals surface area contributed by atoms with E-state index in [0.29, 0.717) is 19.4 Å². The van der Waals surface area contributed by atoms with Crippen LogP contribution >= 0.6 is 0 Å². The Morgan fingerprint density at radius 2 is 1.91 bits per heavy atom.